The highest BCUT2D eigenvalue weighted by molar-refractivity contribution is 6.00. The minimum absolute atomic E-state index is 0.0141. The van der Waals surface area contributed by atoms with Crippen molar-refractivity contribution in [2.45, 2.75) is 43.7 Å². The van der Waals surface area contributed by atoms with Crippen LogP contribution in [0.5, 0.6) is 5.75 Å². The van der Waals surface area contributed by atoms with Gasteiger partial charge in [0.05, 0.1) is 18.3 Å². The van der Waals surface area contributed by atoms with Gasteiger partial charge >= 0.3 is 0 Å². The van der Waals surface area contributed by atoms with Crippen LogP contribution >= 0.6 is 0 Å². The Morgan fingerprint density at radius 3 is 2.75 bits per heavy atom. The maximum absolute atomic E-state index is 13.5. The zero-order valence-corrected chi connectivity index (χ0v) is 15.7. The molecule has 0 saturated carbocycles. The lowest BCUT2D eigenvalue weighted by Crippen LogP contribution is -2.43. The quantitative estimate of drug-likeness (QED) is 0.863. The predicted octanol–water partition coefficient (Wildman–Crippen LogP) is 3.63. The SMILES string of the molecule is O=C1CCOc2c1cccc2C1CCN(C2Cc3cc(F)ccc3C2O)CC1. The molecular weight excluding hydrogens is 357 g/mol. The van der Waals surface area contributed by atoms with E-state index in [-0.39, 0.29) is 17.6 Å². The summed E-state index contributed by atoms with van der Waals surface area (Å²) in [6.45, 7) is 2.21. The first-order chi connectivity index (χ1) is 13.6. The number of carbonyl (C=O) groups is 1. The number of halogens is 1. The third kappa shape index (κ3) is 2.93. The van der Waals surface area contributed by atoms with Gasteiger partial charge in [-0.05, 0) is 73.2 Å². The summed E-state index contributed by atoms with van der Waals surface area (Å²) in [6, 6.07) is 10.6. The van der Waals surface area contributed by atoms with Gasteiger partial charge in [-0.3, -0.25) is 9.69 Å². The van der Waals surface area contributed by atoms with Gasteiger partial charge < -0.3 is 9.84 Å². The van der Waals surface area contributed by atoms with E-state index in [2.05, 4.69) is 11.0 Å². The lowest BCUT2D eigenvalue weighted by Gasteiger charge is -2.38. The number of ether oxygens (including phenoxy) is 1. The number of aliphatic hydroxyl groups excluding tert-OH is 1. The molecule has 146 valence electrons. The molecule has 0 radical (unpaired) electrons. The Kier molecular flexibility index (Phi) is 4.44. The number of ketones is 1. The van der Waals surface area contributed by atoms with Crippen molar-refractivity contribution in [3.63, 3.8) is 0 Å². The number of benzene rings is 2. The van der Waals surface area contributed by atoms with E-state index in [0.29, 0.717) is 25.4 Å². The molecule has 0 spiro atoms. The summed E-state index contributed by atoms with van der Waals surface area (Å²) in [5.41, 5.74) is 3.64. The molecule has 2 aromatic carbocycles. The zero-order valence-electron chi connectivity index (χ0n) is 15.7. The molecule has 0 amide bonds. The second-order valence-corrected chi connectivity index (χ2v) is 8.12. The van der Waals surface area contributed by atoms with E-state index in [4.69, 9.17) is 4.74 Å². The molecule has 5 heteroatoms. The third-order valence-electron chi connectivity index (χ3n) is 6.58. The van der Waals surface area contributed by atoms with Crippen molar-refractivity contribution in [1.29, 1.82) is 0 Å². The molecule has 0 bridgehead atoms. The average Bonchev–Trinajstić information content (AvgIpc) is 3.04. The van der Waals surface area contributed by atoms with Crippen molar-refractivity contribution in [2.75, 3.05) is 19.7 Å². The summed E-state index contributed by atoms with van der Waals surface area (Å²) in [7, 11) is 0. The summed E-state index contributed by atoms with van der Waals surface area (Å²) in [5, 5.41) is 10.7. The van der Waals surface area contributed by atoms with Crippen LogP contribution in [0.15, 0.2) is 36.4 Å². The minimum atomic E-state index is -0.558. The van der Waals surface area contributed by atoms with Crippen LogP contribution in [0.4, 0.5) is 4.39 Å². The van der Waals surface area contributed by atoms with E-state index < -0.39 is 6.10 Å². The van der Waals surface area contributed by atoms with Gasteiger partial charge in [0, 0.05) is 12.5 Å². The summed E-state index contributed by atoms with van der Waals surface area (Å²) in [5.74, 6) is 1.06. The van der Waals surface area contributed by atoms with E-state index in [1.165, 1.54) is 6.07 Å². The molecule has 2 heterocycles. The second-order valence-electron chi connectivity index (χ2n) is 8.12. The number of rotatable bonds is 2. The molecule has 1 N–H and O–H groups in total. The van der Waals surface area contributed by atoms with E-state index in [9.17, 15) is 14.3 Å². The van der Waals surface area contributed by atoms with Gasteiger partial charge in [0.15, 0.2) is 5.78 Å². The summed E-state index contributed by atoms with van der Waals surface area (Å²) >= 11 is 0. The molecule has 1 aliphatic carbocycles. The van der Waals surface area contributed by atoms with Crippen molar-refractivity contribution in [2.24, 2.45) is 0 Å². The molecule has 28 heavy (non-hydrogen) atoms. The Balaban J connectivity index is 1.30. The second kappa shape index (κ2) is 6.98. The lowest BCUT2D eigenvalue weighted by atomic mass is 9.86. The largest absolute Gasteiger partial charge is 0.492 e. The van der Waals surface area contributed by atoms with Crippen LogP contribution in [0.2, 0.25) is 0 Å². The first kappa shape index (κ1) is 17.8. The van der Waals surface area contributed by atoms with E-state index in [1.54, 1.807) is 12.1 Å². The fourth-order valence-electron chi connectivity index (χ4n) is 5.09. The fraction of sp³-hybridized carbons (Fsp3) is 0.435. The van der Waals surface area contributed by atoms with Gasteiger partial charge in [0.25, 0.3) is 0 Å². The van der Waals surface area contributed by atoms with E-state index >= 15 is 0 Å². The van der Waals surface area contributed by atoms with Gasteiger partial charge in [-0.15, -0.1) is 0 Å². The molecule has 2 unspecified atom stereocenters. The molecule has 2 atom stereocenters. The van der Waals surface area contributed by atoms with Crippen LogP contribution in [0.3, 0.4) is 0 Å². The maximum Gasteiger partial charge on any atom is 0.170 e. The highest BCUT2D eigenvalue weighted by Gasteiger charge is 2.37. The number of Topliss-reactive ketones (excluding diaryl/α,β-unsaturated/α-hetero) is 1. The molecule has 2 aromatic rings. The van der Waals surface area contributed by atoms with Crippen LogP contribution in [0.25, 0.3) is 0 Å². The van der Waals surface area contributed by atoms with Crippen molar-refractivity contribution in [3.05, 3.63) is 64.5 Å². The number of carbonyl (C=O) groups excluding carboxylic acids is 1. The highest BCUT2D eigenvalue weighted by atomic mass is 19.1. The third-order valence-corrected chi connectivity index (χ3v) is 6.58. The molecule has 2 aliphatic heterocycles. The fourth-order valence-corrected chi connectivity index (χ4v) is 5.09. The van der Waals surface area contributed by atoms with E-state index in [0.717, 1.165) is 53.9 Å². The Bertz CT molecular complexity index is 920. The topological polar surface area (TPSA) is 49.8 Å². The molecule has 5 rings (SSSR count). The molecule has 3 aliphatic rings. The van der Waals surface area contributed by atoms with Gasteiger partial charge in [-0.2, -0.15) is 0 Å². The van der Waals surface area contributed by atoms with Gasteiger partial charge in [-0.25, -0.2) is 4.39 Å². The number of hydrogen-bond acceptors (Lipinski definition) is 4. The Hall–Kier alpha value is -2.24. The number of para-hydroxylation sites is 1. The lowest BCUT2D eigenvalue weighted by molar-refractivity contribution is 0.0455. The van der Waals surface area contributed by atoms with Gasteiger partial charge in [0.1, 0.15) is 11.6 Å². The maximum atomic E-state index is 13.5. The number of fused-ring (bicyclic) bond motifs is 2. The molecule has 0 aromatic heterocycles. The monoisotopic (exact) mass is 381 g/mol. The van der Waals surface area contributed by atoms with Crippen LogP contribution in [0, 0.1) is 5.82 Å². The molecule has 4 nitrogen and oxygen atoms in total. The van der Waals surface area contributed by atoms with Crippen molar-refractivity contribution < 1.29 is 19.0 Å². The zero-order chi connectivity index (χ0) is 19.3. The molecule has 1 saturated heterocycles. The summed E-state index contributed by atoms with van der Waals surface area (Å²) in [4.78, 5) is 14.5. The van der Waals surface area contributed by atoms with Crippen LogP contribution in [0.1, 0.15) is 58.3 Å². The van der Waals surface area contributed by atoms with Gasteiger partial charge in [-0.1, -0.05) is 18.2 Å². The molecular formula is C23H24FNO3. The predicted molar refractivity (Wildman–Crippen MR) is 103 cm³/mol. The minimum Gasteiger partial charge on any atom is -0.492 e. The van der Waals surface area contributed by atoms with Crippen molar-refractivity contribution >= 4 is 5.78 Å². The van der Waals surface area contributed by atoms with Crippen LogP contribution in [-0.2, 0) is 6.42 Å². The number of aliphatic hydroxyl groups is 1. The molecule has 1 fully saturated rings. The Labute approximate surface area is 163 Å². The first-order valence-corrected chi connectivity index (χ1v) is 10.1. The number of hydrogen-bond donors (Lipinski definition) is 1. The standard InChI is InChI=1S/C23H24FNO3/c24-16-4-5-17-15(12-16)13-20(22(17)27)25-9-6-14(7-10-25)18-2-1-3-19-21(26)8-11-28-23(18)19/h1-5,12,14,20,22,27H,6-11,13H2. The van der Waals surface area contributed by atoms with Crippen molar-refractivity contribution in [3.8, 4) is 5.75 Å². The van der Waals surface area contributed by atoms with Crippen LogP contribution < -0.4 is 4.74 Å². The number of nitrogens with zero attached hydrogens (tertiary/aromatic N) is 1. The average molecular weight is 381 g/mol. The van der Waals surface area contributed by atoms with Gasteiger partial charge in [0.2, 0.25) is 0 Å². The van der Waals surface area contributed by atoms with E-state index in [1.807, 2.05) is 12.1 Å². The van der Waals surface area contributed by atoms with Crippen molar-refractivity contribution in [1.82, 2.24) is 4.90 Å². The number of piperidine rings is 1. The smallest absolute Gasteiger partial charge is 0.170 e. The van der Waals surface area contributed by atoms with Crippen LogP contribution in [-0.4, -0.2) is 41.5 Å². The first-order valence-electron chi connectivity index (χ1n) is 10.1. The normalized spacial score (nSPS) is 25.3. The number of likely N-dealkylation sites (tertiary alicyclic amines) is 1. The Morgan fingerprint density at radius 2 is 1.93 bits per heavy atom. The summed E-state index contributed by atoms with van der Waals surface area (Å²) < 4.78 is 19.4. The summed E-state index contributed by atoms with van der Waals surface area (Å²) in [6.07, 6.45) is 2.51. The Morgan fingerprint density at radius 1 is 1.11 bits per heavy atom. The highest BCUT2D eigenvalue weighted by Crippen LogP contribution is 2.41.